The zero-order valence-corrected chi connectivity index (χ0v) is 15.5. The Morgan fingerprint density at radius 1 is 1.04 bits per heavy atom. The summed E-state index contributed by atoms with van der Waals surface area (Å²) in [6.07, 6.45) is -0.147. The van der Waals surface area contributed by atoms with Crippen molar-refractivity contribution in [1.82, 2.24) is 10.2 Å². The Hall–Kier alpha value is -2.12. The van der Waals surface area contributed by atoms with E-state index in [1.54, 1.807) is 41.5 Å². The summed E-state index contributed by atoms with van der Waals surface area (Å²) in [5.74, 6) is -1.54. The van der Waals surface area contributed by atoms with Crippen molar-refractivity contribution in [1.29, 1.82) is 0 Å². The van der Waals surface area contributed by atoms with E-state index in [0.29, 0.717) is 6.42 Å². The normalized spacial score (nSPS) is 26.5. The highest BCUT2D eigenvalue weighted by atomic mass is 16.6. The number of fused-ring (bicyclic) bond motifs is 1. The molecule has 0 aromatic rings. The van der Waals surface area contributed by atoms with Gasteiger partial charge in [0, 0.05) is 6.42 Å². The Bertz CT molecular complexity index is 601. The Morgan fingerprint density at radius 2 is 1.60 bits per heavy atom. The van der Waals surface area contributed by atoms with Crippen LogP contribution >= 0.6 is 0 Å². The predicted molar refractivity (Wildman–Crippen MR) is 87.7 cm³/mol. The van der Waals surface area contributed by atoms with E-state index in [9.17, 15) is 19.2 Å². The summed E-state index contributed by atoms with van der Waals surface area (Å²) in [7, 11) is 0. The van der Waals surface area contributed by atoms with Crippen molar-refractivity contribution in [3.63, 3.8) is 0 Å². The zero-order valence-electron chi connectivity index (χ0n) is 15.5. The van der Waals surface area contributed by atoms with Crippen LogP contribution in [0.3, 0.4) is 0 Å². The fourth-order valence-electron chi connectivity index (χ4n) is 2.97. The molecule has 8 nitrogen and oxygen atoms in total. The Morgan fingerprint density at radius 3 is 2.12 bits per heavy atom. The minimum absolute atomic E-state index is 0.158. The highest BCUT2D eigenvalue weighted by Crippen LogP contribution is 2.33. The average molecular weight is 354 g/mol. The number of piperidine rings is 1. The molecule has 0 aromatic carbocycles. The van der Waals surface area contributed by atoms with E-state index in [2.05, 4.69) is 5.32 Å². The first-order valence-electron chi connectivity index (χ1n) is 8.37. The van der Waals surface area contributed by atoms with Gasteiger partial charge in [-0.1, -0.05) is 0 Å². The van der Waals surface area contributed by atoms with Gasteiger partial charge in [0.05, 0.1) is 6.04 Å². The summed E-state index contributed by atoms with van der Waals surface area (Å²) >= 11 is 0. The largest absolute Gasteiger partial charge is 0.458 e. The van der Waals surface area contributed by atoms with Gasteiger partial charge in [0.2, 0.25) is 5.91 Å². The smallest absolute Gasteiger partial charge is 0.408 e. The molecule has 2 amide bonds. The summed E-state index contributed by atoms with van der Waals surface area (Å²) in [6.45, 7) is 10.2. The molecule has 2 fully saturated rings. The van der Waals surface area contributed by atoms with Crippen LogP contribution in [-0.4, -0.2) is 58.0 Å². The summed E-state index contributed by atoms with van der Waals surface area (Å²) < 4.78 is 10.4. The third kappa shape index (κ3) is 4.29. The molecule has 2 aliphatic rings. The second kappa shape index (κ2) is 6.31. The van der Waals surface area contributed by atoms with Gasteiger partial charge in [0.1, 0.15) is 17.2 Å². The van der Waals surface area contributed by atoms with Gasteiger partial charge in [-0.15, -0.1) is 0 Å². The number of esters is 1. The molecule has 2 heterocycles. The van der Waals surface area contributed by atoms with Gasteiger partial charge in [-0.3, -0.25) is 9.59 Å². The molecule has 2 aliphatic heterocycles. The average Bonchev–Trinajstić information content (AvgIpc) is 2.40. The van der Waals surface area contributed by atoms with E-state index in [1.165, 1.54) is 4.90 Å². The molecule has 0 aliphatic carbocycles. The van der Waals surface area contributed by atoms with Gasteiger partial charge < -0.3 is 19.7 Å². The molecule has 2 rings (SSSR count). The van der Waals surface area contributed by atoms with E-state index in [4.69, 9.17) is 9.47 Å². The molecule has 3 atom stereocenters. The van der Waals surface area contributed by atoms with Crippen LogP contribution in [0, 0.1) is 0 Å². The van der Waals surface area contributed by atoms with Crippen molar-refractivity contribution in [3.8, 4) is 0 Å². The maximum atomic E-state index is 12.4. The topological polar surface area (TPSA) is 102 Å². The van der Waals surface area contributed by atoms with Crippen molar-refractivity contribution >= 4 is 23.8 Å². The Labute approximate surface area is 147 Å². The second-order valence-electron chi connectivity index (χ2n) is 8.38. The minimum atomic E-state index is -1.23. The van der Waals surface area contributed by atoms with Crippen LogP contribution in [0.5, 0.6) is 0 Å². The number of β-lactam (4-membered cyclic amide) rings is 1. The monoisotopic (exact) mass is 354 g/mol. The first-order valence-corrected chi connectivity index (χ1v) is 8.37. The quantitative estimate of drug-likeness (QED) is 0.454. The maximum Gasteiger partial charge on any atom is 0.408 e. The van der Waals surface area contributed by atoms with Crippen molar-refractivity contribution < 1.29 is 28.7 Å². The molecule has 0 radical (unpaired) electrons. The summed E-state index contributed by atoms with van der Waals surface area (Å²) in [5, 5.41) is 2.53. The van der Waals surface area contributed by atoms with Crippen molar-refractivity contribution in [2.45, 2.75) is 83.7 Å². The van der Waals surface area contributed by atoms with Crippen LogP contribution < -0.4 is 5.32 Å². The molecule has 25 heavy (non-hydrogen) atoms. The maximum absolute atomic E-state index is 12.4. The van der Waals surface area contributed by atoms with E-state index in [1.807, 2.05) is 0 Å². The lowest BCUT2D eigenvalue weighted by Crippen LogP contribution is -2.77. The van der Waals surface area contributed by atoms with Gasteiger partial charge in [0.25, 0.3) is 0 Å². The lowest BCUT2D eigenvalue weighted by molar-refractivity contribution is -0.180. The first kappa shape index (κ1) is 19.2. The standard InChI is InChI=1S/C17H26N2O6/c1-16(2,3)24-14(22)12-10(20)8-7-9-11(13(21)19(9)12)18-15(23)25-17(4,5)6/h9,11-12H,7-8H2,1-6H3,(H,18,23)/t9-,11?,12?/m1/s1. The van der Waals surface area contributed by atoms with Crippen LogP contribution in [0.1, 0.15) is 54.4 Å². The van der Waals surface area contributed by atoms with Crippen molar-refractivity contribution in [3.05, 3.63) is 0 Å². The van der Waals surface area contributed by atoms with E-state index in [-0.39, 0.29) is 12.2 Å². The zero-order chi connectivity index (χ0) is 19.2. The Balaban J connectivity index is 2.07. The molecule has 0 bridgehead atoms. The summed E-state index contributed by atoms with van der Waals surface area (Å²) in [5.41, 5.74) is -1.44. The third-order valence-corrected chi connectivity index (χ3v) is 3.83. The number of hydrogen-bond donors (Lipinski definition) is 1. The highest BCUT2D eigenvalue weighted by Gasteiger charge is 2.58. The third-order valence-electron chi connectivity index (χ3n) is 3.83. The van der Waals surface area contributed by atoms with Gasteiger partial charge in [0.15, 0.2) is 11.8 Å². The van der Waals surface area contributed by atoms with Gasteiger partial charge in [-0.25, -0.2) is 9.59 Å². The summed E-state index contributed by atoms with van der Waals surface area (Å²) in [6, 6.07) is -2.43. The number of nitrogens with one attached hydrogen (secondary N) is 1. The highest BCUT2D eigenvalue weighted by molar-refractivity contribution is 6.09. The number of hydrogen-bond acceptors (Lipinski definition) is 6. The number of amides is 2. The fraction of sp³-hybridized carbons (Fsp3) is 0.765. The molecule has 140 valence electrons. The number of rotatable bonds is 2. The SMILES string of the molecule is CC(C)(C)OC(=O)NC1C(=O)N2C(C(=O)OC(C)(C)C)C(=O)CC[C@H]12. The predicted octanol–water partition coefficient (Wildman–Crippen LogP) is 1.16. The molecule has 8 heteroatoms. The fourth-order valence-corrected chi connectivity index (χ4v) is 2.97. The number of ketones is 1. The van der Waals surface area contributed by atoms with Crippen molar-refractivity contribution in [2.75, 3.05) is 0 Å². The number of carbonyl (C=O) groups is 4. The van der Waals surface area contributed by atoms with E-state index >= 15 is 0 Å². The lowest BCUT2D eigenvalue weighted by atomic mass is 9.82. The van der Waals surface area contributed by atoms with Gasteiger partial charge in [-0.05, 0) is 48.0 Å². The molecule has 1 N–H and O–H groups in total. The van der Waals surface area contributed by atoms with Crippen LogP contribution in [-0.2, 0) is 23.9 Å². The molecule has 0 spiro atoms. The molecule has 2 unspecified atom stereocenters. The number of Topliss-reactive ketones (excluding diaryl/α,β-unsaturated/α-hetero) is 1. The van der Waals surface area contributed by atoms with E-state index < -0.39 is 47.3 Å². The van der Waals surface area contributed by atoms with Crippen LogP contribution in [0.4, 0.5) is 4.79 Å². The summed E-state index contributed by atoms with van der Waals surface area (Å²) in [4.78, 5) is 50.0. The van der Waals surface area contributed by atoms with Gasteiger partial charge in [-0.2, -0.15) is 0 Å². The molecule has 0 saturated carbocycles. The Kier molecular flexibility index (Phi) is 4.85. The van der Waals surface area contributed by atoms with Gasteiger partial charge >= 0.3 is 12.1 Å². The van der Waals surface area contributed by atoms with E-state index in [0.717, 1.165) is 0 Å². The second-order valence-corrected chi connectivity index (χ2v) is 8.38. The molecular formula is C17H26N2O6. The first-order chi connectivity index (χ1) is 11.3. The molecule has 2 saturated heterocycles. The van der Waals surface area contributed by atoms with Crippen LogP contribution in [0.2, 0.25) is 0 Å². The minimum Gasteiger partial charge on any atom is -0.458 e. The van der Waals surface area contributed by atoms with Crippen LogP contribution in [0.25, 0.3) is 0 Å². The van der Waals surface area contributed by atoms with Crippen LogP contribution in [0.15, 0.2) is 0 Å². The lowest BCUT2D eigenvalue weighted by Gasteiger charge is -2.52. The number of ether oxygens (including phenoxy) is 2. The number of carbonyl (C=O) groups excluding carboxylic acids is 4. The number of nitrogens with zero attached hydrogens (tertiary/aromatic N) is 1. The van der Waals surface area contributed by atoms with Crippen molar-refractivity contribution in [2.24, 2.45) is 0 Å². The molecule has 0 aromatic heterocycles. The molecular weight excluding hydrogens is 328 g/mol. The number of alkyl carbamates (subject to hydrolysis) is 1.